The van der Waals surface area contributed by atoms with Crippen molar-refractivity contribution in [2.75, 3.05) is 13.2 Å². The molecule has 0 spiro atoms. The lowest BCUT2D eigenvalue weighted by Crippen LogP contribution is -2.45. The smallest absolute Gasteiger partial charge is 0.328 e. The minimum Gasteiger partial charge on any atom is -0.484 e. The monoisotopic (exact) mass is 459 g/mol. The standard InChI is InChI=1S/C23H29N3O5S/c27-22(17-31-20-9-5-2-6-10-20)24-16-15-18-11-13-21(14-12-18)32(29,30)26-23(28)25-19-7-3-1-4-8-19/h2,5-6,9-14,19H,1,3-4,7-8,15-17H2,(H,24,27)(H2,25,26,28). The minimum atomic E-state index is -3.94. The number of nitrogens with one attached hydrogen (secondary N) is 3. The molecule has 0 atom stereocenters. The highest BCUT2D eigenvalue weighted by atomic mass is 32.2. The Morgan fingerprint density at radius 3 is 2.31 bits per heavy atom. The molecule has 2 aromatic carbocycles. The lowest BCUT2D eigenvalue weighted by atomic mass is 9.96. The van der Waals surface area contributed by atoms with E-state index >= 15 is 0 Å². The van der Waals surface area contributed by atoms with Crippen molar-refractivity contribution in [3.8, 4) is 5.75 Å². The summed E-state index contributed by atoms with van der Waals surface area (Å²) in [6, 6.07) is 14.6. The van der Waals surface area contributed by atoms with Crippen LogP contribution in [-0.4, -0.2) is 39.5 Å². The first kappa shape index (κ1) is 23.6. The third-order valence-corrected chi connectivity index (χ3v) is 6.60. The van der Waals surface area contributed by atoms with E-state index in [-0.39, 0.29) is 23.5 Å². The number of hydrogen-bond donors (Lipinski definition) is 3. The summed E-state index contributed by atoms with van der Waals surface area (Å²) < 4.78 is 32.4. The summed E-state index contributed by atoms with van der Waals surface area (Å²) >= 11 is 0. The van der Waals surface area contributed by atoms with Crippen molar-refractivity contribution >= 4 is 22.0 Å². The molecule has 0 unspecified atom stereocenters. The maximum absolute atomic E-state index is 12.4. The first-order valence-corrected chi connectivity index (χ1v) is 12.3. The molecule has 1 fully saturated rings. The second kappa shape index (κ2) is 11.5. The molecule has 0 bridgehead atoms. The van der Waals surface area contributed by atoms with E-state index in [2.05, 4.69) is 15.4 Å². The molecule has 9 heteroatoms. The summed E-state index contributed by atoms with van der Waals surface area (Å²) in [5, 5.41) is 5.50. The normalized spacial score (nSPS) is 14.4. The molecule has 0 saturated heterocycles. The molecule has 0 aliphatic heterocycles. The first-order valence-electron chi connectivity index (χ1n) is 10.8. The second-order valence-corrected chi connectivity index (χ2v) is 9.44. The zero-order valence-corrected chi connectivity index (χ0v) is 18.7. The SMILES string of the molecule is O=C(COc1ccccc1)NCCc1ccc(S(=O)(=O)NC(=O)NC2CCCCC2)cc1. The number of amides is 3. The molecule has 0 heterocycles. The Morgan fingerprint density at radius 1 is 0.938 bits per heavy atom. The Hall–Kier alpha value is -3.07. The second-order valence-electron chi connectivity index (χ2n) is 7.76. The van der Waals surface area contributed by atoms with Crippen LogP contribution in [0.25, 0.3) is 0 Å². The summed E-state index contributed by atoms with van der Waals surface area (Å²) in [5.74, 6) is 0.390. The van der Waals surface area contributed by atoms with Gasteiger partial charge < -0.3 is 15.4 Å². The van der Waals surface area contributed by atoms with Crippen molar-refractivity contribution in [1.29, 1.82) is 0 Å². The van der Waals surface area contributed by atoms with E-state index < -0.39 is 16.1 Å². The average molecular weight is 460 g/mol. The summed E-state index contributed by atoms with van der Waals surface area (Å²) in [6.07, 6.45) is 5.51. The molecular formula is C23H29N3O5S. The molecule has 2 aromatic rings. The third-order valence-electron chi connectivity index (χ3n) is 5.25. The van der Waals surface area contributed by atoms with Crippen molar-refractivity contribution in [3.63, 3.8) is 0 Å². The van der Waals surface area contributed by atoms with Crippen LogP contribution in [0.3, 0.4) is 0 Å². The van der Waals surface area contributed by atoms with Crippen molar-refractivity contribution < 1.29 is 22.7 Å². The van der Waals surface area contributed by atoms with Gasteiger partial charge >= 0.3 is 6.03 Å². The van der Waals surface area contributed by atoms with E-state index in [1.54, 1.807) is 24.3 Å². The lowest BCUT2D eigenvalue weighted by Gasteiger charge is -2.22. The van der Waals surface area contributed by atoms with Crippen LogP contribution < -0.4 is 20.1 Å². The molecule has 3 N–H and O–H groups in total. The fraction of sp³-hybridized carbons (Fsp3) is 0.391. The van der Waals surface area contributed by atoms with Gasteiger partial charge in [-0.2, -0.15) is 0 Å². The summed E-state index contributed by atoms with van der Waals surface area (Å²) in [6.45, 7) is 0.320. The van der Waals surface area contributed by atoms with Gasteiger partial charge in [0.05, 0.1) is 4.90 Å². The van der Waals surface area contributed by atoms with Crippen molar-refractivity contribution in [1.82, 2.24) is 15.4 Å². The molecule has 1 aliphatic carbocycles. The fourth-order valence-electron chi connectivity index (χ4n) is 3.54. The number of carbonyl (C=O) groups is 2. The highest BCUT2D eigenvalue weighted by molar-refractivity contribution is 7.90. The summed E-state index contributed by atoms with van der Waals surface area (Å²) in [5.41, 5.74) is 0.861. The average Bonchev–Trinajstić information content (AvgIpc) is 2.79. The van der Waals surface area contributed by atoms with Crippen molar-refractivity contribution in [2.24, 2.45) is 0 Å². The molecular weight excluding hydrogens is 430 g/mol. The van der Waals surface area contributed by atoms with E-state index in [1.807, 2.05) is 18.2 Å². The Morgan fingerprint density at radius 2 is 1.62 bits per heavy atom. The number of rotatable bonds is 9. The predicted octanol–water partition coefficient (Wildman–Crippen LogP) is 2.74. The van der Waals surface area contributed by atoms with Gasteiger partial charge in [-0.3, -0.25) is 4.79 Å². The van der Waals surface area contributed by atoms with Crippen LogP contribution in [0.2, 0.25) is 0 Å². The van der Waals surface area contributed by atoms with Crippen LogP contribution >= 0.6 is 0 Å². The van der Waals surface area contributed by atoms with Crippen LogP contribution in [0.15, 0.2) is 59.5 Å². The maximum Gasteiger partial charge on any atom is 0.328 e. The predicted molar refractivity (Wildman–Crippen MR) is 121 cm³/mol. The quantitative estimate of drug-likeness (QED) is 0.534. The van der Waals surface area contributed by atoms with Gasteiger partial charge in [-0.05, 0) is 49.1 Å². The van der Waals surface area contributed by atoms with E-state index in [1.165, 1.54) is 12.1 Å². The van der Waals surface area contributed by atoms with Crippen LogP contribution in [0, 0.1) is 0 Å². The van der Waals surface area contributed by atoms with Gasteiger partial charge in [-0.25, -0.2) is 17.9 Å². The number of carbonyl (C=O) groups excluding carboxylic acids is 2. The van der Waals surface area contributed by atoms with Crippen LogP contribution in [0.1, 0.15) is 37.7 Å². The van der Waals surface area contributed by atoms with E-state index in [0.717, 1.165) is 37.7 Å². The molecule has 8 nitrogen and oxygen atoms in total. The number of para-hydroxylation sites is 1. The van der Waals surface area contributed by atoms with Gasteiger partial charge in [0, 0.05) is 12.6 Å². The number of sulfonamides is 1. The van der Waals surface area contributed by atoms with Gasteiger partial charge in [0.2, 0.25) is 0 Å². The topological polar surface area (TPSA) is 114 Å². The van der Waals surface area contributed by atoms with Gasteiger partial charge in [0.25, 0.3) is 15.9 Å². The van der Waals surface area contributed by atoms with Crippen LogP contribution in [0.4, 0.5) is 4.79 Å². The van der Waals surface area contributed by atoms with E-state index in [4.69, 9.17) is 4.74 Å². The van der Waals surface area contributed by atoms with Crippen molar-refractivity contribution in [3.05, 3.63) is 60.2 Å². The number of ether oxygens (including phenoxy) is 1. The van der Waals surface area contributed by atoms with E-state index in [9.17, 15) is 18.0 Å². The molecule has 0 radical (unpaired) electrons. The molecule has 1 aliphatic rings. The zero-order chi connectivity index (χ0) is 22.8. The van der Waals surface area contributed by atoms with Gasteiger partial charge in [0.1, 0.15) is 5.75 Å². The zero-order valence-electron chi connectivity index (χ0n) is 17.9. The largest absolute Gasteiger partial charge is 0.484 e. The Bertz CT molecular complexity index is 988. The lowest BCUT2D eigenvalue weighted by molar-refractivity contribution is -0.123. The maximum atomic E-state index is 12.4. The highest BCUT2D eigenvalue weighted by Gasteiger charge is 2.21. The van der Waals surface area contributed by atoms with E-state index in [0.29, 0.717) is 18.7 Å². The highest BCUT2D eigenvalue weighted by Crippen LogP contribution is 2.17. The summed E-state index contributed by atoms with van der Waals surface area (Å²) in [4.78, 5) is 24.0. The molecule has 0 aromatic heterocycles. The Kier molecular flexibility index (Phi) is 8.49. The van der Waals surface area contributed by atoms with Crippen LogP contribution in [-0.2, 0) is 21.2 Å². The molecule has 1 saturated carbocycles. The summed E-state index contributed by atoms with van der Waals surface area (Å²) in [7, 11) is -3.94. The van der Waals surface area contributed by atoms with Crippen LogP contribution in [0.5, 0.6) is 5.75 Å². The minimum absolute atomic E-state index is 0.0142. The third kappa shape index (κ3) is 7.56. The Labute approximate surface area is 188 Å². The molecule has 3 amide bonds. The Balaban J connectivity index is 1.41. The number of benzene rings is 2. The number of urea groups is 1. The van der Waals surface area contributed by atoms with Gasteiger partial charge in [0.15, 0.2) is 6.61 Å². The first-order chi connectivity index (χ1) is 15.4. The molecule has 172 valence electrons. The van der Waals surface area contributed by atoms with Gasteiger partial charge in [-0.15, -0.1) is 0 Å². The molecule has 32 heavy (non-hydrogen) atoms. The fourth-order valence-corrected chi connectivity index (χ4v) is 4.46. The number of hydrogen-bond acceptors (Lipinski definition) is 5. The molecule has 3 rings (SSSR count). The van der Waals surface area contributed by atoms with Crippen molar-refractivity contribution in [2.45, 2.75) is 49.5 Å². The van der Waals surface area contributed by atoms with Gasteiger partial charge in [-0.1, -0.05) is 49.6 Å².